The number of fused-ring (bicyclic) bond motifs is 1. The molecule has 0 saturated carbocycles. The molecule has 0 fully saturated rings. The number of nitrogens with zero attached hydrogens (tertiary/aromatic N) is 5. The van der Waals surface area contributed by atoms with Gasteiger partial charge in [0.25, 0.3) is 5.91 Å². The summed E-state index contributed by atoms with van der Waals surface area (Å²) in [4.78, 5) is 17.4. The van der Waals surface area contributed by atoms with E-state index in [1.807, 2.05) is 72.9 Å². The first-order chi connectivity index (χ1) is 17.6. The summed E-state index contributed by atoms with van der Waals surface area (Å²) in [5.74, 6) is 0.851. The predicted molar refractivity (Wildman–Crippen MR) is 137 cm³/mol. The summed E-state index contributed by atoms with van der Waals surface area (Å²) in [5, 5.41) is 9.03. The maximum absolute atomic E-state index is 12.9. The summed E-state index contributed by atoms with van der Waals surface area (Å²) in [7, 11) is 3.18. The van der Waals surface area contributed by atoms with Gasteiger partial charge in [0.2, 0.25) is 0 Å². The first-order valence-corrected chi connectivity index (χ1v) is 11.2. The van der Waals surface area contributed by atoms with Gasteiger partial charge in [0, 0.05) is 23.5 Å². The van der Waals surface area contributed by atoms with Gasteiger partial charge in [-0.3, -0.25) is 9.20 Å². The second-order valence-electron chi connectivity index (χ2n) is 7.96. The maximum atomic E-state index is 12.9. The number of rotatable bonds is 7. The van der Waals surface area contributed by atoms with Gasteiger partial charge in [0.15, 0.2) is 11.5 Å². The second kappa shape index (κ2) is 9.75. The van der Waals surface area contributed by atoms with Gasteiger partial charge in [-0.2, -0.15) is 10.2 Å². The molecule has 1 amide bonds. The normalized spacial score (nSPS) is 11.2. The molecule has 3 heterocycles. The van der Waals surface area contributed by atoms with Crippen LogP contribution in [0, 0.1) is 6.92 Å². The van der Waals surface area contributed by atoms with Gasteiger partial charge in [-0.15, -0.1) is 0 Å². The van der Waals surface area contributed by atoms with Gasteiger partial charge in [0.1, 0.15) is 17.0 Å². The van der Waals surface area contributed by atoms with Crippen molar-refractivity contribution < 1.29 is 14.3 Å². The molecule has 1 N–H and O–H groups in total. The van der Waals surface area contributed by atoms with E-state index in [2.05, 4.69) is 15.5 Å². The number of hydrogen-bond acceptors (Lipinski definition) is 6. The highest BCUT2D eigenvalue weighted by molar-refractivity contribution is 5.96. The smallest absolute Gasteiger partial charge is 0.290 e. The van der Waals surface area contributed by atoms with Crippen molar-refractivity contribution in [3.8, 4) is 28.4 Å². The zero-order valence-electron chi connectivity index (χ0n) is 20.0. The van der Waals surface area contributed by atoms with E-state index in [0.717, 1.165) is 11.3 Å². The fourth-order valence-electron chi connectivity index (χ4n) is 4.00. The summed E-state index contributed by atoms with van der Waals surface area (Å²) >= 11 is 0. The number of pyridine rings is 1. The standard InChI is InChI=1S/C27H24N6O3/c1-18-26(32-14-8-7-11-24(32)29-18)27(34)30-28-16-20-17-33(21-9-5-4-6-10-21)31-25(20)19-12-13-22(35-2)23(15-19)36-3/h4-17H,1-3H3,(H,30,34). The van der Waals surface area contributed by atoms with Crippen molar-refractivity contribution in [1.29, 1.82) is 0 Å². The Morgan fingerprint density at radius 1 is 1.00 bits per heavy atom. The lowest BCUT2D eigenvalue weighted by Gasteiger charge is -2.09. The minimum absolute atomic E-state index is 0.356. The molecular weight excluding hydrogens is 456 g/mol. The third-order valence-corrected chi connectivity index (χ3v) is 5.71. The van der Waals surface area contributed by atoms with Crippen LogP contribution in [0.5, 0.6) is 11.5 Å². The highest BCUT2D eigenvalue weighted by atomic mass is 16.5. The monoisotopic (exact) mass is 480 g/mol. The number of hydrazone groups is 1. The highest BCUT2D eigenvalue weighted by Crippen LogP contribution is 2.33. The molecule has 0 spiro atoms. The molecule has 0 radical (unpaired) electrons. The zero-order valence-corrected chi connectivity index (χ0v) is 20.0. The number of benzene rings is 2. The van der Waals surface area contributed by atoms with Gasteiger partial charge >= 0.3 is 0 Å². The van der Waals surface area contributed by atoms with Crippen molar-refractivity contribution in [2.24, 2.45) is 5.10 Å². The van der Waals surface area contributed by atoms with Crippen LogP contribution in [-0.4, -0.2) is 45.5 Å². The lowest BCUT2D eigenvalue weighted by Crippen LogP contribution is -2.20. The molecule has 0 aliphatic rings. The maximum Gasteiger partial charge on any atom is 0.290 e. The Morgan fingerprint density at radius 3 is 2.56 bits per heavy atom. The third-order valence-electron chi connectivity index (χ3n) is 5.71. The molecule has 0 aliphatic heterocycles. The fourth-order valence-corrected chi connectivity index (χ4v) is 4.00. The minimum Gasteiger partial charge on any atom is -0.493 e. The fraction of sp³-hybridized carbons (Fsp3) is 0.111. The molecule has 36 heavy (non-hydrogen) atoms. The molecule has 5 rings (SSSR count). The molecule has 0 atom stereocenters. The zero-order chi connectivity index (χ0) is 25.1. The first-order valence-electron chi connectivity index (χ1n) is 11.2. The number of nitrogens with one attached hydrogen (secondary N) is 1. The molecule has 0 unspecified atom stereocenters. The molecule has 2 aromatic carbocycles. The van der Waals surface area contributed by atoms with Crippen molar-refractivity contribution in [3.05, 3.63) is 96.1 Å². The van der Waals surface area contributed by atoms with E-state index in [1.54, 1.807) is 42.6 Å². The molecule has 9 nitrogen and oxygen atoms in total. The quantitative estimate of drug-likeness (QED) is 0.277. The molecular formula is C27H24N6O3. The predicted octanol–water partition coefficient (Wildman–Crippen LogP) is 4.28. The first kappa shape index (κ1) is 22.9. The Kier molecular flexibility index (Phi) is 6.19. The van der Waals surface area contributed by atoms with Crippen LogP contribution in [0.15, 0.2) is 84.2 Å². The Morgan fingerprint density at radius 2 is 1.78 bits per heavy atom. The van der Waals surface area contributed by atoms with E-state index >= 15 is 0 Å². The number of hydrogen-bond donors (Lipinski definition) is 1. The Bertz CT molecular complexity index is 1570. The highest BCUT2D eigenvalue weighted by Gasteiger charge is 2.17. The summed E-state index contributed by atoms with van der Waals surface area (Å²) < 4.78 is 14.3. The molecule has 0 aliphatic carbocycles. The Hall–Kier alpha value is -4.92. The average molecular weight is 481 g/mol. The van der Waals surface area contributed by atoms with Crippen LogP contribution >= 0.6 is 0 Å². The van der Waals surface area contributed by atoms with Crippen LogP contribution in [0.25, 0.3) is 22.6 Å². The topological polar surface area (TPSA) is 95.0 Å². The van der Waals surface area contributed by atoms with Gasteiger partial charge in [-0.25, -0.2) is 15.1 Å². The molecule has 9 heteroatoms. The van der Waals surface area contributed by atoms with Crippen LogP contribution in [-0.2, 0) is 0 Å². The van der Waals surface area contributed by atoms with Crippen LogP contribution in [0.2, 0.25) is 0 Å². The number of methoxy groups -OCH3 is 2. The summed E-state index contributed by atoms with van der Waals surface area (Å²) in [5.41, 5.74) is 7.46. The van der Waals surface area contributed by atoms with Crippen molar-refractivity contribution >= 4 is 17.8 Å². The van der Waals surface area contributed by atoms with Gasteiger partial charge in [0.05, 0.1) is 31.8 Å². The number of para-hydroxylation sites is 1. The van der Waals surface area contributed by atoms with Gasteiger partial charge in [-0.05, 0) is 49.4 Å². The van der Waals surface area contributed by atoms with Gasteiger partial charge < -0.3 is 9.47 Å². The van der Waals surface area contributed by atoms with Crippen molar-refractivity contribution in [1.82, 2.24) is 24.6 Å². The van der Waals surface area contributed by atoms with Crippen LogP contribution in [0.3, 0.4) is 0 Å². The van der Waals surface area contributed by atoms with Crippen molar-refractivity contribution in [2.45, 2.75) is 6.92 Å². The minimum atomic E-state index is -0.356. The van der Waals surface area contributed by atoms with Crippen LogP contribution in [0.1, 0.15) is 21.7 Å². The molecule has 5 aromatic rings. The van der Waals surface area contributed by atoms with E-state index in [0.29, 0.717) is 39.8 Å². The van der Waals surface area contributed by atoms with Crippen LogP contribution < -0.4 is 14.9 Å². The number of aromatic nitrogens is 4. The van der Waals surface area contributed by atoms with Crippen molar-refractivity contribution in [2.75, 3.05) is 14.2 Å². The van der Waals surface area contributed by atoms with E-state index in [1.165, 1.54) is 0 Å². The number of aryl methyl sites for hydroxylation is 1. The average Bonchev–Trinajstić information content (AvgIpc) is 3.49. The molecule has 180 valence electrons. The van der Waals surface area contributed by atoms with E-state index in [9.17, 15) is 4.79 Å². The number of carbonyl (C=O) groups excluding carboxylic acids is 1. The van der Waals surface area contributed by atoms with E-state index in [4.69, 9.17) is 14.6 Å². The van der Waals surface area contributed by atoms with Crippen molar-refractivity contribution in [3.63, 3.8) is 0 Å². The molecule has 3 aromatic heterocycles. The van der Waals surface area contributed by atoms with Gasteiger partial charge in [-0.1, -0.05) is 24.3 Å². The largest absolute Gasteiger partial charge is 0.493 e. The number of carbonyl (C=O) groups is 1. The Labute approximate surface area is 207 Å². The van der Waals surface area contributed by atoms with E-state index in [-0.39, 0.29) is 5.91 Å². The van der Waals surface area contributed by atoms with Crippen LogP contribution in [0.4, 0.5) is 0 Å². The second-order valence-corrected chi connectivity index (χ2v) is 7.96. The number of amides is 1. The number of imidazole rings is 1. The summed E-state index contributed by atoms with van der Waals surface area (Å²) in [6.45, 7) is 1.80. The molecule has 0 saturated heterocycles. The summed E-state index contributed by atoms with van der Waals surface area (Å²) in [6.07, 6.45) is 5.23. The summed E-state index contributed by atoms with van der Waals surface area (Å²) in [6, 6.07) is 20.9. The lowest BCUT2D eigenvalue weighted by atomic mass is 10.1. The molecule has 0 bridgehead atoms. The lowest BCUT2D eigenvalue weighted by molar-refractivity contribution is 0.0948. The Balaban J connectivity index is 1.49. The van der Waals surface area contributed by atoms with E-state index < -0.39 is 0 Å². The SMILES string of the molecule is COc1ccc(-c2nn(-c3ccccc3)cc2C=NNC(=O)c2c(C)nc3ccccn23)cc1OC. The third kappa shape index (κ3) is 4.29. The number of ether oxygens (including phenoxy) is 2.